The van der Waals surface area contributed by atoms with Gasteiger partial charge in [0.15, 0.2) is 16.7 Å². The number of halogens is 1. The van der Waals surface area contributed by atoms with E-state index in [1.807, 2.05) is 70.2 Å². The van der Waals surface area contributed by atoms with Gasteiger partial charge in [0.2, 0.25) is 0 Å². The van der Waals surface area contributed by atoms with Crippen molar-refractivity contribution in [1.29, 1.82) is 0 Å². The van der Waals surface area contributed by atoms with Crippen LogP contribution in [0, 0.1) is 6.92 Å². The van der Waals surface area contributed by atoms with Gasteiger partial charge >= 0.3 is 0 Å². The highest BCUT2D eigenvalue weighted by Crippen LogP contribution is 2.39. The predicted molar refractivity (Wildman–Crippen MR) is 123 cm³/mol. The summed E-state index contributed by atoms with van der Waals surface area (Å²) in [7, 11) is 0. The van der Waals surface area contributed by atoms with Gasteiger partial charge in [0.25, 0.3) is 5.91 Å². The van der Waals surface area contributed by atoms with Crippen molar-refractivity contribution in [2.75, 3.05) is 6.61 Å². The van der Waals surface area contributed by atoms with Crippen LogP contribution >= 0.6 is 27.7 Å². The number of amides is 1. The summed E-state index contributed by atoms with van der Waals surface area (Å²) in [5.41, 5.74) is 2.81. The molecule has 1 aliphatic heterocycles. The van der Waals surface area contributed by atoms with Crippen LogP contribution < -0.4 is 14.8 Å². The zero-order valence-electron chi connectivity index (χ0n) is 16.8. The number of aryl methyl sites for hydroxylation is 1. The first-order chi connectivity index (χ1) is 13.9. The maximum absolute atomic E-state index is 12.4. The fourth-order valence-corrected chi connectivity index (χ4v) is 4.05. The number of hydrogen-bond donors (Lipinski definition) is 1. The zero-order valence-corrected chi connectivity index (χ0v) is 19.2. The maximum Gasteiger partial charge on any atom is 0.264 e. The number of benzene rings is 2. The van der Waals surface area contributed by atoms with E-state index in [1.54, 1.807) is 0 Å². The van der Waals surface area contributed by atoms with Crippen LogP contribution in [0.5, 0.6) is 11.5 Å². The van der Waals surface area contributed by atoms with Crippen LogP contribution in [0.15, 0.2) is 50.8 Å². The quantitative estimate of drug-likeness (QED) is 0.534. The molecule has 1 fully saturated rings. The van der Waals surface area contributed by atoms with E-state index in [-0.39, 0.29) is 12.0 Å². The van der Waals surface area contributed by atoms with Crippen molar-refractivity contribution in [2.24, 2.45) is 4.99 Å². The third-order valence-electron chi connectivity index (χ3n) is 3.90. The molecular formula is C22H23BrN2O3S. The van der Waals surface area contributed by atoms with Gasteiger partial charge in [-0.25, -0.2) is 4.99 Å². The van der Waals surface area contributed by atoms with Gasteiger partial charge in [0, 0.05) is 0 Å². The number of carbonyl (C=O) groups is 1. The molecule has 0 aliphatic carbocycles. The van der Waals surface area contributed by atoms with Crippen LogP contribution in [0.25, 0.3) is 6.08 Å². The molecule has 0 unspecified atom stereocenters. The largest absolute Gasteiger partial charge is 0.490 e. The lowest BCUT2D eigenvalue weighted by molar-refractivity contribution is -0.115. The van der Waals surface area contributed by atoms with Crippen LogP contribution in [-0.2, 0) is 4.79 Å². The molecule has 2 aromatic carbocycles. The molecule has 0 spiro atoms. The number of nitrogens with one attached hydrogen (secondary N) is 1. The molecule has 3 rings (SSSR count). The Bertz CT molecular complexity index is 969. The van der Waals surface area contributed by atoms with Crippen LogP contribution in [0.4, 0.5) is 5.69 Å². The number of rotatable bonds is 6. The van der Waals surface area contributed by atoms with Crippen molar-refractivity contribution in [3.05, 3.63) is 56.9 Å². The third kappa shape index (κ3) is 5.64. The Morgan fingerprint density at radius 1 is 1.24 bits per heavy atom. The Balaban J connectivity index is 1.87. The first kappa shape index (κ1) is 21.5. The summed E-state index contributed by atoms with van der Waals surface area (Å²) in [5, 5.41) is 3.38. The average molecular weight is 475 g/mol. The van der Waals surface area contributed by atoms with Gasteiger partial charge in [-0.15, -0.1) is 0 Å². The Morgan fingerprint density at radius 2 is 1.97 bits per heavy atom. The molecule has 7 heteroatoms. The average Bonchev–Trinajstić information content (AvgIpc) is 2.99. The normalized spacial score (nSPS) is 16.6. The molecule has 152 valence electrons. The first-order valence-corrected chi connectivity index (χ1v) is 11.0. The fourth-order valence-electron chi connectivity index (χ4n) is 2.65. The predicted octanol–water partition coefficient (Wildman–Crippen LogP) is 5.84. The summed E-state index contributed by atoms with van der Waals surface area (Å²) in [6.45, 7) is 8.39. The summed E-state index contributed by atoms with van der Waals surface area (Å²) >= 11 is 4.87. The molecular weight excluding hydrogens is 452 g/mol. The van der Waals surface area contributed by atoms with E-state index in [1.165, 1.54) is 17.3 Å². The second kappa shape index (κ2) is 9.50. The Kier molecular flexibility index (Phi) is 7.03. The van der Waals surface area contributed by atoms with Crippen LogP contribution in [-0.4, -0.2) is 23.8 Å². The van der Waals surface area contributed by atoms with E-state index in [9.17, 15) is 4.79 Å². The Hall–Kier alpha value is -2.25. The van der Waals surface area contributed by atoms with E-state index in [0.717, 1.165) is 15.7 Å². The molecule has 1 N–H and O–H groups in total. The molecule has 1 heterocycles. The van der Waals surface area contributed by atoms with Crippen molar-refractivity contribution < 1.29 is 14.3 Å². The lowest BCUT2D eigenvalue weighted by Gasteiger charge is -2.17. The minimum atomic E-state index is -0.169. The zero-order chi connectivity index (χ0) is 21.0. The van der Waals surface area contributed by atoms with Gasteiger partial charge in [-0.1, -0.05) is 17.7 Å². The summed E-state index contributed by atoms with van der Waals surface area (Å²) in [6.07, 6.45) is 1.84. The van der Waals surface area contributed by atoms with Gasteiger partial charge < -0.3 is 14.8 Å². The molecule has 0 aromatic heterocycles. The minimum Gasteiger partial charge on any atom is -0.490 e. The first-order valence-electron chi connectivity index (χ1n) is 9.35. The molecule has 0 radical (unpaired) electrons. The molecule has 1 amide bonds. The van der Waals surface area contributed by atoms with Gasteiger partial charge in [-0.05, 0) is 91.3 Å². The standard InChI is InChI=1S/C22H23BrN2O3S/c1-5-27-18-11-15(10-17(23)20(18)28-13(2)3)12-19-21(26)25-22(29-19)24-16-8-6-14(4)7-9-16/h6-13H,5H2,1-4H3,(H,24,25,26)/b19-12+. The monoisotopic (exact) mass is 474 g/mol. The molecule has 0 atom stereocenters. The number of hydrogen-bond acceptors (Lipinski definition) is 5. The number of aliphatic imine (C=N–C) groups is 1. The third-order valence-corrected chi connectivity index (χ3v) is 5.40. The Morgan fingerprint density at radius 3 is 2.62 bits per heavy atom. The van der Waals surface area contributed by atoms with E-state index in [0.29, 0.717) is 28.2 Å². The lowest BCUT2D eigenvalue weighted by atomic mass is 10.2. The fraction of sp³-hybridized carbons (Fsp3) is 0.273. The molecule has 2 aromatic rings. The Labute approximate surface area is 183 Å². The smallest absolute Gasteiger partial charge is 0.264 e. The maximum atomic E-state index is 12.4. The van der Waals surface area contributed by atoms with Crippen LogP contribution in [0.2, 0.25) is 0 Å². The van der Waals surface area contributed by atoms with Crippen molar-refractivity contribution in [3.8, 4) is 11.5 Å². The lowest BCUT2D eigenvalue weighted by Crippen LogP contribution is -2.19. The van der Waals surface area contributed by atoms with Crippen molar-refractivity contribution in [3.63, 3.8) is 0 Å². The van der Waals surface area contributed by atoms with Gasteiger partial charge in [0.05, 0.1) is 27.8 Å². The van der Waals surface area contributed by atoms with Crippen LogP contribution in [0.3, 0.4) is 0 Å². The molecule has 1 aliphatic rings. The highest BCUT2D eigenvalue weighted by molar-refractivity contribution is 9.10. The second-order valence-electron chi connectivity index (χ2n) is 6.75. The number of amidine groups is 1. The summed E-state index contributed by atoms with van der Waals surface area (Å²) in [5.74, 6) is 1.13. The van der Waals surface area contributed by atoms with Gasteiger partial charge in [-0.3, -0.25) is 4.79 Å². The van der Waals surface area contributed by atoms with Crippen molar-refractivity contribution >= 4 is 50.5 Å². The van der Waals surface area contributed by atoms with E-state index in [4.69, 9.17) is 9.47 Å². The highest BCUT2D eigenvalue weighted by Gasteiger charge is 2.24. The van der Waals surface area contributed by atoms with Crippen LogP contribution in [0.1, 0.15) is 31.9 Å². The SMILES string of the molecule is CCOc1cc(/C=C2/SC(=Nc3ccc(C)cc3)NC2=O)cc(Br)c1OC(C)C. The van der Waals surface area contributed by atoms with Crippen molar-refractivity contribution in [1.82, 2.24) is 5.32 Å². The molecule has 1 saturated heterocycles. The van der Waals surface area contributed by atoms with Gasteiger partial charge in [-0.2, -0.15) is 0 Å². The topological polar surface area (TPSA) is 59.9 Å². The minimum absolute atomic E-state index is 0.0198. The number of ether oxygens (including phenoxy) is 2. The summed E-state index contributed by atoms with van der Waals surface area (Å²) < 4.78 is 12.4. The van der Waals surface area contributed by atoms with E-state index >= 15 is 0 Å². The molecule has 0 bridgehead atoms. The van der Waals surface area contributed by atoms with Crippen molar-refractivity contribution in [2.45, 2.75) is 33.8 Å². The second-order valence-corrected chi connectivity index (χ2v) is 8.63. The highest BCUT2D eigenvalue weighted by atomic mass is 79.9. The number of thioether (sulfide) groups is 1. The molecule has 0 saturated carbocycles. The number of nitrogens with zero attached hydrogens (tertiary/aromatic N) is 1. The van der Waals surface area contributed by atoms with E-state index < -0.39 is 0 Å². The summed E-state index contributed by atoms with van der Waals surface area (Å²) in [6, 6.07) is 11.6. The molecule has 29 heavy (non-hydrogen) atoms. The number of carbonyl (C=O) groups excluding carboxylic acids is 1. The molecule has 5 nitrogen and oxygen atoms in total. The summed E-state index contributed by atoms with van der Waals surface area (Å²) in [4.78, 5) is 17.5. The van der Waals surface area contributed by atoms with E-state index in [2.05, 4.69) is 26.2 Å². The van der Waals surface area contributed by atoms with Gasteiger partial charge in [0.1, 0.15) is 0 Å².